The monoisotopic (exact) mass is 192 g/mol. The predicted molar refractivity (Wildman–Crippen MR) is 66.2 cm³/mol. The van der Waals surface area contributed by atoms with Crippen LogP contribution in [0.2, 0.25) is 0 Å². The molecule has 0 saturated carbocycles. The molecule has 0 saturated heterocycles. The van der Waals surface area contributed by atoms with E-state index in [9.17, 15) is 0 Å². The molecule has 1 heteroatoms. The molecule has 0 fully saturated rings. The smallest absolute Gasteiger partial charge is 0.0257 e. The van der Waals surface area contributed by atoms with Crippen LogP contribution in [0.1, 0.15) is 5.56 Å². The minimum absolute atomic E-state index is 0.764. The number of hydrogen-bond donors (Lipinski definition) is 0. The van der Waals surface area contributed by atoms with Crippen molar-refractivity contribution in [3.63, 3.8) is 0 Å². The molecule has 0 spiro atoms. The van der Waals surface area contributed by atoms with Crippen LogP contribution < -0.4 is 0 Å². The summed E-state index contributed by atoms with van der Waals surface area (Å²) in [5, 5.41) is 0. The highest BCUT2D eigenvalue weighted by molar-refractivity contribution is 7.73. The maximum atomic E-state index is 2.32. The van der Waals surface area contributed by atoms with Crippen LogP contribution in [0.25, 0.3) is 6.08 Å². The Bertz CT molecular complexity index is 319. The quantitative estimate of drug-likeness (QED) is 0.630. The molecular formula is C12H17P. The van der Waals surface area contributed by atoms with Crippen molar-refractivity contribution in [1.82, 2.24) is 0 Å². The van der Waals surface area contributed by atoms with Gasteiger partial charge in [0.15, 0.2) is 0 Å². The largest absolute Gasteiger partial charge is 0.114 e. The second-order valence-electron chi connectivity index (χ2n) is 4.04. The highest BCUT2D eigenvalue weighted by Crippen LogP contribution is 2.31. The summed E-state index contributed by atoms with van der Waals surface area (Å²) in [4.78, 5) is 0. The van der Waals surface area contributed by atoms with Crippen molar-refractivity contribution < 1.29 is 0 Å². The Labute approximate surface area is 81.3 Å². The number of rotatable bonds is 2. The lowest BCUT2D eigenvalue weighted by atomic mass is 10.2. The minimum Gasteiger partial charge on any atom is -0.114 e. The molecule has 1 rings (SSSR count). The van der Waals surface area contributed by atoms with E-state index in [1.165, 1.54) is 5.56 Å². The first-order chi connectivity index (χ1) is 6.08. The summed E-state index contributed by atoms with van der Waals surface area (Å²) in [6, 6.07) is 10.4. The molecule has 0 nitrogen and oxygen atoms in total. The third kappa shape index (κ3) is 4.75. The SMILES string of the molecule is CP(C)(C)=C/C=C/c1ccccc1. The molecule has 0 bridgehead atoms. The van der Waals surface area contributed by atoms with Crippen LogP contribution in [-0.2, 0) is 0 Å². The Morgan fingerprint density at radius 1 is 1.00 bits per heavy atom. The molecule has 0 amide bonds. The fourth-order valence-electron chi connectivity index (χ4n) is 0.976. The van der Waals surface area contributed by atoms with E-state index in [0.717, 1.165) is 0 Å². The topological polar surface area (TPSA) is 0 Å². The Morgan fingerprint density at radius 2 is 1.62 bits per heavy atom. The van der Waals surface area contributed by atoms with Gasteiger partial charge in [0.1, 0.15) is 0 Å². The van der Waals surface area contributed by atoms with Gasteiger partial charge in [-0.2, -0.15) is 0 Å². The van der Waals surface area contributed by atoms with Gasteiger partial charge in [-0.3, -0.25) is 0 Å². The second-order valence-corrected chi connectivity index (χ2v) is 8.57. The molecule has 0 N–H and O–H groups in total. The molecule has 0 unspecified atom stereocenters. The molecule has 0 aliphatic rings. The summed E-state index contributed by atoms with van der Waals surface area (Å²) >= 11 is 0. The Morgan fingerprint density at radius 3 is 2.15 bits per heavy atom. The third-order valence-electron chi connectivity index (χ3n) is 1.62. The molecule has 0 aromatic heterocycles. The van der Waals surface area contributed by atoms with E-state index >= 15 is 0 Å². The summed E-state index contributed by atoms with van der Waals surface area (Å²) in [6.45, 7) is 6.16. The van der Waals surface area contributed by atoms with E-state index < -0.39 is 6.89 Å². The highest BCUT2D eigenvalue weighted by atomic mass is 31.2. The van der Waals surface area contributed by atoms with Crippen LogP contribution in [0.4, 0.5) is 0 Å². The van der Waals surface area contributed by atoms with Crippen LogP contribution in [0.15, 0.2) is 36.4 Å². The van der Waals surface area contributed by atoms with Gasteiger partial charge < -0.3 is 0 Å². The molecule has 1 aromatic carbocycles. The van der Waals surface area contributed by atoms with E-state index in [-0.39, 0.29) is 0 Å². The molecule has 70 valence electrons. The van der Waals surface area contributed by atoms with Gasteiger partial charge in [-0.05, 0) is 25.6 Å². The minimum atomic E-state index is -0.764. The first-order valence-corrected chi connectivity index (χ1v) is 7.67. The van der Waals surface area contributed by atoms with Crippen LogP contribution in [0.3, 0.4) is 0 Å². The molecular weight excluding hydrogens is 175 g/mol. The third-order valence-corrected chi connectivity index (χ3v) is 2.69. The van der Waals surface area contributed by atoms with Crippen molar-refractivity contribution in [3.8, 4) is 0 Å². The van der Waals surface area contributed by atoms with Crippen molar-refractivity contribution in [2.45, 2.75) is 0 Å². The fourth-order valence-corrected chi connectivity index (χ4v) is 1.58. The van der Waals surface area contributed by atoms with Crippen LogP contribution in [0, 0.1) is 0 Å². The van der Waals surface area contributed by atoms with Crippen molar-refractivity contribution in [3.05, 3.63) is 42.0 Å². The predicted octanol–water partition coefficient (Wildman–Crippen LogP) is 3.41. The molecule has 0 atom stereocenters. The zero-order chi connectivity index (χ0) is 9.73. The van der Waals surface area contributed by atoms with E-state index in [2.05, 4.69) is 62.2 Å². The summed E-state index contributed by atoms with van der Waals surface area (Å²) in [7, 11) is 0. The lowest BCUT2D eigenvalue weighted by Gasteiger charge is -2.02. The number of allylic oxidation sites excluding steroid dienone is 1. The van der Waals surface area contributed by atoms with Crippen molar-refractivity contribution in [2.24, 2.45) is 0 Å². The van der Waals surface area contributed by atoms with E-state index in [0.29, 0.717) is 0 Å². The Kier molecular flexibility index (Phi) is 3.57. The van der Waals surface area contributed by atoms with Crippen molar-refractivity contribution >= 4 is 18.8 Å². The number of benzene rings is 1. The summed E-state index contributed by atoms with van der Waals surface area (Å²) in [6.07, 6.45) is 4.33. The van der Waals surface area contributed by atoms with Crippen LogP contribution in [0.5, 0.6) is 0 Å². The average molecular weight is 192 g/mol. The summed E-state index contributed by atoms with van der Waals surface area (Å²) in [5.74, 6) is 2.32. The second kappa shape index (κ2) is 4.48. The zero-order valence-electron chi connectivity index (χ0n) is 8.57. The van der Waals surface area contributed by atoms with Gasteiger partial charge in [0.05, 0.1) is 0 Å². The maximum absolute atomic E-state index is 2.32. The number of hydrogen-bond acceptors (Lipinski definition) is 0. The summed E-state index contributed by atoms with van der Waals surface area (Å²) < 4.78 is 0. The maximum Gasteiger partial charge on any atom is -0.0257 e. The van der Waals surface area contributed by atoms with Gasteiger partial charge in [-0.15, -0.1) is 6.89 Å². The van der Waals surface area contributed by atoms with Crippen LogP contribution in [-0.4, -0.2) is 25.8 Å². The first-order valence-electron chi connectivity index (χ1n) is 4.47. The molecule has 0 radical (unpaired) electrons. The van der Waals surface area contributed by atoms with E-state index in [1.807, 2.05) is 6.07 Å². The highest BCUT2D eigenvalue weighted by Gasteiger charge is 1.88. The lowest BCUT2D eigenvalue weighted by molar-refractivity contribution is 1.66. The van der Waals surface area contributed by atoms with Crippen molar-refractivity contribution in [1.29, 1.82) is 0 Å². The molecule has 0 heterocycles. The van der Waals surface area contributed by atoms with Gasteiger partial charge in [-0.1, -0.05) is 48.3 Å². The van der Waals surface area contributed by atoms with E-state index in [4.69, 9.17) is 0 Å². The van der Waals surface area contributed by atoms with Gasteiger partial charge in [0, 0.05) is 0 Å². The van der Waals surface area contributed by atoms with Gasteiger partial charge in [0.2, 0.25) is 0 Å². The van der Waals surface area contributed by atoms with Gasteiger partial charge in [0.25, 0.3) is 0 Å². The summed E-state index contributed by atoms with van der Waals surface area (Å²) in [5.41, 5.74) is 1.27. The molecule has 0 aliphatic heterocycles. The van der Waals surface area contributed by atoms with Gasteiger partial charge in [-0.25, -0.2) is 0 Å². The van der Waals surface area contributed by atoms with E-state index in [1.54, 1.807) is 0 Å². The van der Waals surface area contributed by atoms with Crippen LogP contribution >= 0.6 is 6.89 Å². The molecule has 13 heavy (non-hydrogen) atoms. The standard InChI is InChI=1S/C12H17P/c1-13(2,3)11-7-10-12-8-5-4-6-9-12/h4-11H,1-3H3/b10-7+. The average Bonchev–Trinajstić information content (AvgIpc) is 2.04. The van der Waals surface area contributed by atoms with Crippen molar-refractivity contribution in [2.75, 3.05) is 20.0 Å². The normalized spacial score (nSPS) is 11.9. The molecule has 0 aliphatic carbocycles. The lowest BCUT2D eigenvalue weighted by Crippen LogP contribution is -1.75. The fraction of sp³-hybridized carbons (Fsp3) is 0.250. The first kappa shape index (κ1) is 10.3. The molecule has 1 aromatic rings. The zero-order valence-corrected chi connectivity index (χ0v) is 9.46. The Balaban J connectivity index is 2.71. The Hall–Kier alpha value is -0.740. The van der Waals surface area contributed by atoms with Gasteiger partial charge >= 0.3 is 0 Å².